The normalized spacial score (nSPS) is 13.6. The summed E-state index contributed by atoms with van der Waals surface area (Å²) < 4.78 is 17.2. The molecule has 0 aliphatic heterocycles. The van der Waals surface area contributed by atoms with Crippen LogP contribution >= 0.6 is 0 Å². The third-order valence-corrected chi connectivity index (χ3v) is 10.1. The zero-order chi connectivity index (χ0) is 47.7. The van der Waals surface area contributed by atoms with E-state index in [4.69, 9.17) is 14.2 Å². The number of unbranched alkanes of at least 4 members (excludes halogenated alkanes) is 8. The van der Waals surface area contributed by atoms with Gasteiger partial charge in [-0.25, -0.2) is 0 Å². The third kappa shape index (κ3) is 52.1. The average molecular weight is 907 g/mol. The number of carbonyl (C=O) groups is 2. The van der Waals surface area contributed by atoms with Crippen molar-refractivity contribution < 1.29 is 23.8 Å². The number of hydrogen-bond donors (Lipinski definition) is 0. The summed E-state index contributed by atoms with van der Waals surface area (Å²) in [5, 5.41) is 0. The smallest absolute Gasteiger partial charge is 0.306 e. The fourth-order valence-electron chi connectivity index (χ4n) is 6.28. The highest BCUT2D eigenvalue weighted by Gasteiger charge is 2.17. The molecule has 0 rings (SSSR count). The van der Waals surface area contributed by atoms with Crippen LogP contribution < -0.4 is 0 Å². The number of allylic oxidation sites excluding steroid dienone is 25. The zero-order valence-electron chi connectivity index (χ0n) is 42.1. The molecule has 5 heteroatoms. The first-order chi connectivity index (χ1) is 32.6. The van der Waals surface area contributed by atoms with Crippen LogP contribution in [0.1, 0.15) is 188 Å². The number of ether oxygens (including phenoxy) is 3. The molecule has 66 heavy (non-hydrogen) atoms. The van der Waals surface area contributed by atoms with E-state index in [1.165, 1.54) is 32.1 Å². The van der Waals surface area contributed by atoms with Crippen LogP contribution in [0.5, 0.6) is 0 Å². The maximum atomic E-state index is 12.8. The molecule has 368 valence electrons. The van der Waals surface area contributed by atoms with Gasteiger partial charge in [-0.15, -0.1) is 0 Å². The van der Waals surface area contributed by atoms with E-state index in [9.17, 15) is 9.59 Å². The van der Waals surface area contributed by atoms with Crippen LogP contribution in [-0.2, 0) is 23.8 Å². The molecule has 0 aromatic carbocycles. The van der Waals surface area contributed by atoms with Crippen molar-refractivity contribution >= 4 is 11.9 Å². The molecular formula is C61H94O5. The van der Waals surface area contributed by atoms with E-state index < -0.39 is 6.10 Å². The van der Waals surface area contributed by atoms with E-state index in [-0.39, 0.29) is 31.6 Å². The number of esters is 2. The van der Waals surface area contributed by atoms with E-state index >= 15 is 0 Å². The predicted octanol–water partition coefficient (Wildman–Crippen LogP) is 17.9. The lowest BCUT2D eigenvalue weighted by Crippen LogP contribution is -2.30. The maximum Gasteiger partial charge on any atom is 0.306 e. The topological polar surface area (TPSA) is 61.8 Å². The first-order valence-electron chi connectivity index (χ1n) is 26.0. The average Bonchev–Trinajstić information content (AvgIpc) is 3.32. The Labute approximate surface area is 405 Å². The van der Waals surface area contributed by atoms with Crippen LogP contribution in [-0.4, -0.2) is 37.9 Å². The zero-order valence-corrected chi connectivity index (χ0v) is 42.1. The van der Waals surface area contributed by atoms with E-state index in [0.717, 1.165) is 116 Å². The van der Waals surface area contributed by atoms with E-state index in [1.807, 2.05) is 6.08 Å². The summed E-state index contributed by atoms with van der Waals surface area (Å²) >= 11 is 0. The van der Waals surface area contributed by atoms with Crippen molar-refractivity contribution in [3.63, 3.8) is 0 Å². The summed E-state index contributed by atoms with van der Waals surface area (Å²) in [4.78, 5) is 25.4. The molecule has 1 atom stereocenters. The van der Waals surface area contributed by atoms with Gasteiger partial charge in [0.1, 0.15) is 6.61 Å². The quantitative estimate of drug-likeness (QED) is 0.0346. The van der Waals surface area contributed by atoms with E-state index in [1.54, 1.807) is 0 Å². The molecule has 0 aromatic heterocycles. The molecule has 0 amide bonds. The Morgan fingerprint density at radius 3 is 1.15 bits per heavy atom. The van der Waals surface area contributed by atoms with Crippen molar-refractivity contribution in [1.82, 2.24) is 0 Å². The van der Waals surface area contributed by atoms with Gasteiger partial charge in [0.2, 0.25) is 0 Å². The van der Waals surface area contributed by atoms with Crippen molar-refractivity contribution in [1.29, 1.82) is 0 Å². The van der Waals surface area contributed by atoms with Crippen LogP contribution in [0.25, 0.3) is 0 Å². The van der Waals surface area contributed by atoms with Gasteiger partial charge in [-0.2, -0.15) is 0 Å². The number of hydrogen-bond acceptors (Lipinski definition) is 5. The molecule has 0 aliphatic rings. The van der Waals surface area contributed by atoms with Gasteiger partial charge >= 0.3 is 11.9 Å². The minimum absolute atomic E-state index is 0.00183. The van der Waals surface area contributed by atoms with Gasteiger partial charge < -0.3 is 14.2 Å². The second kappa shape index (κ2) is 54.9. The molecule has 0 saturated carbocycles. The molecule has 0 aromatic rings. The van der Waals surface area contributed by atoms with Crippen molar-refractivity contribution in [3.05, 3.63) is 158 Å². The fraction of sp³-hybridized carbons (Fsp3) is 0.541. The summed E-state index contributed by atoms with van der Waals surface area (Å²) in [7, 11) is 0. The Bertz CT molecular complexity index is 1490. The Kier molecular flexibility index (Phi) is 51.1. The summed E-state index contributed by atoms with van der Waals surface area (Å²) in [5.41, 5.74) is 0. The Balaban J connectivity index is 4.56. The summed E-state index contributed by atoms with van der Waals surface area (Å²) in [6.45, 7) is 7.24. The SMILES string of the molecule is CC/C=C\C/C=C\C/C=C\C/C=C\C/C=C\C/C=C\CCC(=O)OCC(COCC/C=C\C/C=C\C/C=C\C/C=C\C/C=C\CC)OC(=O)CCCCCCC/C=C\C/C=C\CCCCC. The minimum atomic E-state index is -0.626. The van der Waals surface area contributed by atoms with E-state index in [0.29, 0.717) is 19.4 Å². The van der Waals surface area contributed by atoms with Gasteiger partial charge in [-0.1, -0.05) is 211 Å². The van der Waals surface area contributed by atoms with Gasteiger partial charge in [0.15, 0.2) is 6.10 Å². The first kappa shape index (κ1) is 61.5. The Morgan fingerprint density at radius 1 is 0.348 bits per heavy atom. The standard InChI is InChI=1S/C61H94O5/c1-4-7-10-13-16-19-22-25-28-30-31-32-34-36-39-42-45-48-51-54-60(62)65-58-59(57-64-56-53-50-47-44-41-38-35-29-26-23-20-17-14-11-8-5-2)66-61(63)55-52-49-46-43-40-37-33-27-24-21-18-15-12-9-6-3/h7-8,10-11,16-21,25-29,31-33,36,38-39,41,45,47-48,50,59H,4-6,9,12-15,22-24,30,34-35,37,40,42-44,46,49,51-58H2,1-3H3/b10-7-,11-8-,19-16-,20-17-,21-18-,28-25-,29-26-,32-31-,33-27-,39-36-,41-38-,48-45-,50-47-. The predicted molar refractivity (Wildman–Crippen MR) is 288 cm³/mol. The van der Waals surface area contributed by atoms with Crippen LogP contribution in [0, 0.1) is 0 Å². The van der Waals surface area contributed by atoms with Gasteiger partial charge in [-0.05, 0) is 122 Å². The van der Waals surface area contributed by atoms with E-state index in [2.05, 4.69) is 173 Å². The van der Waals surface area contributed by atoms with Crippen molar-refractivity contribution in [2.45, 2.75) is 194 Å². The highest BCUT2D eigenvalue weighted by atomic mass is 16.6. The number of carbonyl (C=O) groups excluding carboxylic acids is 2. The lowest BCUT2D eigenvalue weighted by Gasteiger charge is -2.18. The molecule has 0 aliphatic carbocycles. The first-order valence-corrected chi connectivity index (χ1v) is 26.0. The van der Waals surface area contributed by atoms with Crippen LogP contribution in [0.3, 0.4) is 0 Å². The summed E-state index contributed by atoms with van der Waals surface area (Å²) in [6, 6.07) is 0. The third-order valence-electron chi connectivity index (χ3n) is 10.1. The largest absolute Gasteiger partial charge is 0.462 e. The molecule has 0 heterocycles. The summed E-state index contributed by atoms with van der Waals surface area (Å²) in [6.07, 6.45) is 81.4. The lowest BCUT2D eigenvalue weighted by atomic mass is 10.1. The Morgan fingerprint density at radius 2 is 0.712 bits per heavy atom. The molecule has 0 spiro atoms. The molecule has 0 saturated heterocycles. The molecule has 5 nitrogen and oxygen atoms in total. The van der Waals surface area contributed by atoms with Crippen LogP contribution in [0.15, 0.2) is 158 Å². The van der Waals surface area contributed by atoms with Gasteiger partial charge in [0.05, 0.1) is 13.2 Å². The van der Waals surface area contributed by atoms with Gasteiger partial charge in [0.25, 0.3) is 0 Å². The molecule has 0 fully saturated rings. The molecule has 1 unspecified atom stereocenters. The monoisotopic (exact) mass is 907 g/mol. The maximum absolute atomic E-state index is 12.8. The Hall–Kier alpha value is -4.48. The highest BCUT2D eigenvalue weighted by molar-refractivity contribution is 5.70. The fourth-order valence-corrected chi connectivity index (χ4v) is 6.28. The van der Waals surface area contributed by atoms with Crippen LogP contribution in [0.2, 0.25) is 0 Å². The number of rotatable bonds is 45. The lowest BCUT2D eigenvalue weighted by molar-refractivity contribution is -0.162. The van der Waals surface area contributed by atoms with Crippen molar-refractivity contribution in [2.75, 3.05) is 19.8 Å². The van der Waals surface area contributed by atoms with Crippen LogP contribution in [0.4, 0.5) is 0 Å². The van der Waals surface area contributed by atoms with Gasteiger partial charge in [-0.3, -0.25) is 9.59 Å². The second-order valence-electron chi connectivity index (χ2n) is 16.3. The molecular weight excluding hydrogens is 813 g/mol. The molecule has 0 radical (unpaired) electrons. The van der Waals surface area contributed by atoms with Gasteiger partial charge in [0, 0.05) is 12.8 Å². The summed E-state index contributed by atoms with van der Waals surface area (Å²) in [5.74, 6) is -0.566. The van der Waals surface area contributed by atoms with Crippen molar-refractivity contribution in [2.24, 2.45) is 0 Å². The molecule has 0 bridgehead atoms. The minimum Gasteiger partial charge on any atom is -0.462 e. The highest BCUT2D eigenvalue weighted by Crippen LogP contribution is 2.11. The van der Waals surface area contributed by atoms with Crippen molar-refractivity contribution in [3.8, 4) is 0 Å². The molecule has 0 N–H and O–H groups in total. The second-order valence-corrected chi connectivity index (χ2v) is 16.3.